The van der Waals surface area contributed by atoms with Gasteiger partial charge in [0.05, 0.1) is 6.10 Å². The molecule has 1 aromatic rings. The quantitative estimate of drug-likeness (QED) is 0.704. The van der Waals surface area contributed by atoms with Crippen molar-refractivity contribution in [3.05, 3.63) is 30.3 Å². The molecule has 0 aliphatic heterocycles. The molecule has 0 radical (unpaired) electrons. The Bertz CT molecular complexity index is 368. The highest BCUT2D eigenvalue weighted by atomic mass is 16.3. The van der Waals surface area contributed by atoms with Gasteiger partial charge in [-0.25, -0.2) is 0 Å². The SMILES string of the molecule is CCC(O)CN(CCCNC(C)=O)c1ccccc1. The number of aliphatic hydroxyl groups excluding tert-OH is 1. The Hall–Kier alpha value is -1.55. The van der Waals surface area contributed by atoms with Crippen LogP contribution in [-0.4, -0.2) is 36.8 Å². The first kappa shape index (κ1) is 15.5. The molecular weight excluding hydrogens is 240 g/mol. The first-order chi connectivity index (χ1) is 9.13. The Morgan fingerprint density at radius 1 is 1.37 bits per heavy atom. The van der Waals surface area contributed by atoms with Crippen LogP contribution < -0.4 is 10.2 Å². The van der Waals surface area contributed by atoms with E-state index in [1.54, 1.807) is 0 Å². The predicted octanol–water partition coefficient (Wildman–Crippen LogP) is 1.79. The predicted molar refractivity (Wildman–Crippen MR) is 78.3 cm³/mol. The lowest BCUT2D eigenvalue weighted by molar-refractivity contribution is -0.118. The standard InChI is InChI=1S/C15H24N2O2/c1-3-15(19)12-17(11-7-10-16-13(2)18)14-8-5-4-6-9-14/h4-6,8-9,15,19H,3,7,10-12H2,1-2H3,(H,16,18). The highest BCUT2D eigenvalue weighted by Crippen LogP contribution is 2.14. The number of benzene rings is 1. The lowest BCUT2D eigenvalue weighted by Gasteiger charge is -2.27. The maximum Gasteiger partial charge on any atom is 0.216 e. The summed E-state index contributed by atoms with van der Waals surface area (Å²) in [4.78, 5) is 13.0. The van der Waals surface area contributed by atoms with Crippen LogP contribution in [-0.2, 0) is 4.79 Å². The largest absolute Gasteiger partial charge is 0.391 e. The molecule has 1 amide bonds. The molecule has 4 nitrogen and oxygen atoms in total. The molecule has 0 bridgehead atoms. The third kappa shape index (κ3) is 6.25. The molecule has 0 aliphatic rings. The maximum absolute atomic E-state index is 10.8. The second-order valence-corrected chi connectivity index (χ2v) is 4.68. The second-order valence-electron chi connectivity index (χ2n) is 4.68. The van der Waals surface area contributed by atoms with Gasteiger partial charge in [-0.1, -0.05) is 25.1 Å². The fourth-order valence-corrected chi connectivity index (χ4v) is 1.88. The molecule has 0 fully saturated rings. The first-order valence-electron chi connectivity index (χ1n) is 6.86. The number of nitrogens with one attached hydrogen (secondary N) is 1. The monoisotopic (exact) mass is 264 g/mol. The van der Waals surface area contributed by atoms with Crippen molar-refractivity contribution in [2.45, 2.75) is 32.8 Å². The number of para-hydroxylation sites is 1. The van der Waals surface area contributed by atoms with Gasteiger partial charge in [-0.2, -0.15) is 0 Å². The van der Waals surface area contributed by atoms with E-state index in [0.717, 1.165) is 25.1 Å². The van der Waals surface area contributed by atoms with Crippen molar-refractivity contribution in [2.24, 2.45) is 0 Å². The van der Waals surface area contributed by atoms with Gasteiger partial charge in [0.15, 0.2) is 0 Å². The van der Waals surface area contributed by atoms with Gasteiger partial charge in [0.25, 0.3) is 0 Å². The van der Waals surface area contributed by atoms with Crippen LogP contribution in [0.5, 0.6) is 0 Å². The van der Waals surface area contributed by atoms with E-state index in [1.807, 2.05) is 37.3 Å². The Morgan fingerprint density at radius 3 is 2.63 bits per heavy atom. The summed E-state index contributed by atoms with van der Waals surface area (Å²) < 4.78 is 0. The van der Waals surface area contributed by atoms with E-state index in [1.165, 1.54) is 6.92 Å². The van der Waals surface area contributed by atoms with Crippen molar-refractivity contribution < 1.29 is 9.90 Å². The van der Waals surface area contributed by atoms with Gasteiger partial charge in [-0.05, 0) is 25.0 Å². The van der Waals surface area contributed by atoms with Crippen LogP contribution in [0.3, 0.4) is 0 Å². The van der Waals surface area contributed by atoms with Crippen LogP contribution in [0.2, 0.25) is 0 Å². The van der Waals surface area contributed by atoms with Gasteiger partial charge >= 0.3 is 0 Å². The Kier molecular flexibility index (Phi) is 6.97. The lowest BCUT2D eigenvalue weighted by Crippen LogP contribution is -2.34. The van der Waals surface area contributed by atoms with Crippen molar-refractivity contribution in [1.82, 2.24) is 5.32 Å². The highest BCUT2D eigenvalue weighted by molar-refractivity contribution is 5.72. The fraction of sp³-hybridized carbons (Fsp3) is 0.533. The van der Waals surface area contributed by atoms with Crippen LogP contribution in [0, 0.1) is 0 Å². The van der Waals surface area contributed by atoms with Crippen molar-refractivity contribution in [3.63, 3.8) is 0 Å². The van der Waals surface area contributed by atoms with Crippen LogP contribution in [0.4, 0.5) is 5.69 Å². The molecule has 0 heterocycles. The minimum absolute atomic E-state index is 0.000135. The number of amides is 1. The number of hydrogen-bond donors (Lipinski definition) is 2. The highest BCUT2D eigenvalue weighted by Gasteiger charge is 2.10. The number of carbonyl (C=O) groups is 1. The van der Waals surface area contributed by atoms with E-state index >= 15 is 0 Å². The smallest absolute Gasteiger partial charge is 0.216 e. The van der Waals surface area contributed by atoms with Crippen molar-refractivity contribution in [2.75, 3.05) is 24.5 Å². The lowest BCUT2D eigenvalue weighted by atomic mass is 10.2. The molecule has 4 heteroatoms. The summed E-state index contributed by atoms with van der Waals surface area (Å²) in [6, 6.07) is 10.1. The summed E-state index contributed by atoms with van der Waals surface area (Å²) in [5.41, 5.74) is 1.11. The summed E-state index contributed by atoms with van der Waals surface area (Å²) >= 11 is 0. The van der Waals surface area contributed by atoms with Crippen molar-refractivity contribution >= 4 is 11.6 Å². The summed E-state index contributed by atoms with van der Waals surface area (Å²) in [5.74, 6) is -0.000135. The van der Waals surface area contributed by atoms with E-state index in [2.05, 4.69) is 10.2 Å². The number of carbonyl (C=O) groups excluding carboxylic acids is 1. The molecule has 1 aromatic carbocycles. The van der Waals surface area contributed by atoms with Gasteiger partial charge in [0.2, 0.25) is 5.91 Å². The van der Waals surface area contributed by atoms with Crippen LogP contribution in [0.25, 0.3) is 0 Å². The Morgan fingerprint density at radius 2 is 2.05 bits per heavy atom. The van der Waals surface area contributed by atoms with Gasteiger partial charge in [0, 0.05) is 32.2 Å². The van der Waals surface area contributed by atoms with Gasteiger partial charge in [0.1, 0.15) is 0 Å². The summed E-state index contributed by atoms with van der Waals surface area (Å²) in [5, 5.41) is 12.6. The van der Waals surface area contributed by atoms with E-state index in [9.17, 15) is 9.90 Å². The number of hydrogen-bond acceptors (Lipinski definition) is 3. The minimum atomic E-state index is -0.319. The van der Waals surface area contributed by atoms with Gasteiger partial charge in [-0.15, -0.1) is 0 Å². The summed E-state index contributed by atoms with van der Waals surface area (Å²) in [6.45, 7) is 5.61. The molecular formula is C15H24N2O2. The molecule has 1 atom stereocenters. The molecule has 0 saturated heterocycles. The van der Waals surface area contributed by atoms with E-state index in [0.29, 0.717) is 13.1 Å². The molecule has 1 rings (SSSR count). The number of rotatable bonds is 8. The normalized spacial score (nSPS) is 11.9. The average Bonchev–Trinajstić information content (AvgIpc) is 2.42. The number of aliphatic hydroxyl groups is 1. The zero-order valence-electron chi connectivity index (χ0n) is 11.8. The van der Waals surface area contributed by atoms with Crippen molar-refractivity contribution in [1.29, 1.82) is 0 Å². The van der Waals surface area contributed by atoms with E-state index in [-0.39, 0.29) is 12.0 Å². The third-order valence-corrected chi connectivity index (χ3v) is 3.00. The number of nitrogens with zero attached hydrogens (tertiary/aromatic N) is 1. The van der Waals surface area contributed by atoms with Gasteiger partial charge < -0.3 is 15.3 Å². The second kappa shape index (κ2) is 8.53. The molecule has 19 heavy (non-hydrogen) atoms. The first-order valence-corrected chi connectivity index (χ1v) is 6.86. The molecule has 2 N–H and O–H groups in total. The molecule has 0 spiro atoms. The average molecular weight is 264 g/mol. The Labute approximate surface area is 115 Å². The van der Waals surface area contributed by atoms with Crippen LogP contribution in [0.1, 0.15) is 26.7 Å². The Balaban J connectivity index is 2.52. The summed E-state index contributed by atoms with van der Waals surface area (Å²) in [6.07, 6.45) is 1.29. The zero-order valence-corrected chi connectivity index (χ0v) is 11.8. The van der Waals surface area contributed by atoms with Crippen LogP contribution >= 0.6 is 0 Å². The zero-order chi connectivity index (χ0) is 14.1. The van der Waals surface area contributed by atoms with Crippen LogP contribution in [0.15, 0.2) is 30.3 Å². The molecule has 1 unspecified atom stereocenters. The molecule has 0 aliphatic carbocycles. The van der Waals surface area contributed by atoms with E-state index < -0.39 is 0 Å². The third-order valence-electron chi connectivity index (χ3n) is 3.00. The molecule has 0 aromatic heterocycles. The van der Waals surface area contributed by atoms with Gasteiger partial charge in [-0.3, -0.25) is 4.79 Å². The van der Waals surface area contributed by atoms with Crippen molar-refractivity contribution in [3.8, 4) is 0 Å². The number of anilines is 1. The minimum Gasteiger partial charge on any atom is -0.391 e. The molecule has 106 valence electrons. The van der Waals surface area contributed by atoms with E-state index in [4.69, 9.17) is 0 Å². The molecule has 0 saturated carbocycles. The topological polar surface area (TPSA) is 52.6 Å². The summed E-state index contributed by atoms with van der Waals surface area (Å²) in [7, 11) is 0. The maximum atomic E-state index is 10.8. The fourth-order valence-electron chi connectivity index (χ4n) is 1.88.